The zero-order chi connectivity index (χ0) is 13.6. The monoisotopic (exact) mass is 285 g/mol. The van der Waals surface area contributed by atoms with Crippen LogP contribution >= 0.6 is 0 Å². The molecule has 110 valence electrons. The summed E-state index contributed by atoms with van der Waals surface area (Å²) in [6, 6.07) is 0.262. The number of sulfone groups is 1. The van der Waals surface area contributed by atoms with E-state index in [1.165, 1.54) is 31.9 Å². The molecule has 0 saturated heterocycles. The second-order valence-electron chi connectivity index (χ2n) is 7.15. The summed E-state index contributed by atoms with van der Waals surface area (Å²) in [5.41, 5.74) is 6.52. The smallest absolute Gasteiger partial charge is 0.150 e. The summed E-state index contributed by atoms with van der Waals surface area (Å²) in [5, 5.41) is -0.127. The Labute approximate surface area is 117 Å². The summed E-state index contributed by atoms with van der Waals surface area (Å²) in [4.78, 5) is 0. The maximum Gasteiger partial charge on any atom is 0.150 e. The minimum Gasteiger partial charge on any atom is -0.327 e. The van der Waals surface area contributed by atoms with Crippen molar-refractivity contribution in [1.82, 2.24) is 0 Å². The van der Waals surface area contributed by atoms with Crippen LogP contribution in [0.3, 0.4) is 0 Å². The molecule has 0 amide bonds. The Hall–Kier alpha value is -0.0900. The maximum atomic E-state index is 11.8. The van der Waals surface area contributed by atoms with Gasteiger partial charge in [0.1, 0.15) is 9.84 Å². The Morgan fingerprint density at radius 3 is 2.21 bits per heavy atom. The lowest BCUT2D eigenvalue weighted by molar-refractivity contribution is 0.276. The topological polar surface area (TPSA) is 60.2 Å². The molecule has 0 radical (unpaired) electrons. The van der Waals surface area contributed by atoms with Gasteiger partial charge in [0, 0.05) is 12.3 Å². The van der Waals surface area contributed by atoms with Gasteiger partial charge < -0.3 is 5.73 Å². The van der Waals surface area contributed by atoms with Crippen LogP contribution in [0.4, 0.5) is 0 Å². The number of fused-ring (bicyclic) bond motifs is 1. The molecular weight excluding hydrogens is 258 g/mol. The van der Waals surface area contributed by atoms with Crippen molar-refractivity contribution in [3.05, 3.63) is 0 Å². The van der Waals surface area contributed by atoms with E-state index in [-0.39, 0.29) is 11.3 Å². The first-order chi connectivity index (χ1) is 8.98. The van der Waals surface area contributed by atoms with E-state index in [0.717, 1.165) is 37.5 Å². The van der Waals surface area contributed by atoms with Gasteiger partial charge in [-0.05, 0) is 55.8 Å². The third-order valence-electron chi connectivity index (χ3n) is 5.98. The summed E-state index contributed by atoms with van der Waals surface area (Å²) in [5.74, 6) is 2.92. The molecule has 2 N–H and O–H groups in total. The molecule has 3 fully saturated rings. The molecule has 0 heterocycles. The predicted molar refractivity (Wildman–Crippen MR) is 77.5 cm³/mol. The second-order valence-corrected chi connectivity index (χ2v) is 9.47. The van der Waals surface area contributed by atoms with Crippen LogP contribution < -0.4 is 5.73 Å². The minimum absolute atomic E-state index is 0.127. The van der Waals surface area contributed by atoms with Gasteiger partial charge in [0.05, 0.1) is 5.25 Å². The molecule has 19 heavy (non-hydrogen) atoms. The van der Waals surface area contributed by atoms with Gasteiger partial charge in [-0.25, -0.2) is 8.42 Å². The summed E-state index contributed by atoms with van der Waals surface area (Å²) in [6.45, 7) is 0. The lowest BCUT2D eigenvalue weighted by atomic mass is 9.81. The molecule has 3 aliphatic rings. The fourth-order valence-electron chi connectivity index (χ4n) is 4.85. The molecule has 0 spiro atoms. The number of rotatable bonds is 3. The van der Waals surface area contributed by atoms with Gasteiger partial charge in [0.2, 0.25) is 0 Å². The van der Waals surface area contributed by atoms with E-state index in [9.17, 15) is 8.42 Å². The van der Waals surface area contributed by atoms with Crippen LogP contribution in [0.15, 0.2) is 0 Å². The van der Waals surface area contributed by atoms with E-state index in [2.05, 4.69) is 0 Å². The van der Waals surface area contributed by atoms with Gasteiger partial charge >= 0.3 is 0 Å². The Bertz CT molecular complexity index is 421. The molecular formula is C15H27NO2S. The molecule has 3 aliphatic carbocycles. The van der Waals surface area contributed by atoms with Crippen LogP contribution in [0.25, 0.3) is 0 Å². The molecule has 0 aromatic rings. The Morgan fingerprint density at radius 2 is 1.63 bits per heavy atom. The molecule has 5 unspecified atom stereocenters. The van der Waals surface area contributed by atoms with E-state index in [1.54, 1.807) is 0 Å². The van der Waals surface area contributed by atoms with Crippen LogP contribution in [0, 0.1) is 23.7 Å². The van der Waals surface area contributed by atoms with Crippen molar-refractivity contribution in [3.63, 3.8) is 0 Å². The van der Waals surface area contributed by atoms with Gasteiger partial charge in [-0.2, -0.15) is 0 Å². The van der Waals surface area contributed by atoms with E-state index >= 15 is 0 Å². The van der Waals surface area contributed by atoms with Crippen molar-refractivity contribution in [1.29, 1.82) is 0 Å². The van der Waals surface area contributed by atoms with Crippen LogP contribution in [-0.2, 0) is 9.84 Å². The Morgan fingerprint density at radius 1 is 1.00 bits per heavy atom. The molecule has 0 bridgehead atoms. The highest BCUT2D eigenvalue weighted by Gasteiger charge is 2.54. The predicted octanol–water partition coefficient (Wildman–Crippen LogP) is 2.35. The Kier molecular flexibility index (Phi) is 3.67. The summed E-state index contributed by atoms with van der Waals surface area (Å²) < 4.78 is 23.5. The average molecular weight is 285 g/mol. The fourth-order valence-corrected chi connectivity index (χ4v) is 6.04. The number of hydrogen-bond acceptors (Lipinski definition) is 3. The van der Waals surface area contributed by atoms with Gasteiger partial charge in [-0.1, -0.05) is 19.3 Å². The minimum atomic E-state index is -2.88. The summed E-state index contributed by atoms with van der Waals surface area (Å²) in [6.07, 6.45) is 10.7. The van der Waals surface area contributed by atoms with Gasteiger partial charge in [0.15, 0.2) is 0 Å². The molecule has 3 rings (SSSR count). The lowest BCUT2D eigenvalue weighted by Crippen LogP contribution is -2.39. The first kappa shape index (κ1) is 13.9. The average Bonchev–Trinajstić information content (AvgIpc) is 3.11. The molecule has 3 nitrogen and oxygen atoms in total. The van der Waals surface area contributed by atoms with E-state index < -0.39 is 9.84 Å². The highest BCUT2D eigenvalue weighted by atomic mass is 32.2. The standard InChI is InChI=1S/C15H27NO2S/c1-19(17,18)11-6-4-5-10(9-11)15(16)14-12-7-2-3-8-13(12)14/h10-15H,2-9,16H2,1H3. The molecule has 5 atom stereocenters. The van der Waals surface area contributed by atoms with Gasteiger partial charge in [-0.3, -0.25) is 0 Å². The fraction of sp³-hybridized carbons (Fsp3) is 1.00. The van der Waals surface area contributed by atoms with E-state index in [1.807, 2.05) is 0 Å². The maximum absolute atomic E-state index is 11.8. The zero-order valence-electron chi connectivity index (χ0n) is 11.9. The normalized spacial score (nSPS) is 44.4. The quantitative estimate of drug-likeness (QED) is 0.866. The van der Waals surface area contributed by atoms with Crippen molar-refractivity contribution in [2.24, 2.45) is 29.4 Å². The van der Waals surface area contributed by atoms with Crippen molar-refractivity contribution >= 4 is 9.84 Å². The van der Waals surface area contributed by atoms with Crippen molar-refractivity contribution in [2.45, 2.75) is 62.7 Å². The third kappa shape index (κ3) is 2.71. The molecule has 0 aliphatic heterocycles. The molecule has 3 saturated carbocycles. The van der Waals surface area contributed by atoms with Crippen LogP contribution in [0.2, 0.25) is 0 Å². The van der Waals surface area contributed by atoms with Crippen molar-refractivity contribution in [3.8, 4) is 0 Å². The second kappa shape index (κ2) is 5.03. The lowest BCUT2D eigenvalue weighted by Gasteiger charge is -2.32. The van der Waals surface area contributed by atoms with E-state index in [0.29, 0.717) is 11.8 Å². The first-order valence-electron chi connectivity index (χ1n) is 7.93. The molecule has 0 aromatic carbocycles. The zero-order valence-corrected chi connectivity index (χ0v) is 12.7. The van der Waals surface area contributed by atoms with Crippen molar-refractivity contribution < 1.29 is 8.42 Å². The largest absolute Gasteiger partial charge is 0.327 e. The summed E-state index contributed by atoms with van der Waals surface area (Å²) in [7, 11) is -2.88. The highest BCUT2D eigenvalue weighted by Crippen LogP contribution is 2.58. The van der Waals surface area contributed by atoms with Crippen LogP contribution in [-0.4, -0.2) is 26.0 Å². The summed E-state index contributed by atoms with van der Waals surface area (Å²) >= 11 is 0. The molecule has 0 aromatic heterocycles. The van der Waals surface area contributed by atoms with Crippen LogP contribution in [0.1, 0.15) is 51.4 Å². The van der Waals surface area contributed by atoms with E-state index in [4.69, 9.17) is 5.73 Å². The van der Waals surface area contributed by atoms with Crippen LogP contribution in [0.5, 0.6) is 0 Å². The first-order valence-corrected chi connectivity index (χ1v) is 9.88. The number of nitrogens with two attached hydrogens (primary N) is 1. The van der Waals surface area contributed by atoms with Crippen molar-refractivity contribution in [2.75, 3.05) is 6.26 Å². The highest BCUT2D eigenvalue weighted by molar-refractivity contribution is 7.91. The van der Waals surface area contributed by atoms with Gasteiger partial charge in [-0.15, -0.1) is 0 Å². The SMILES string of the molecule is CS(=O)(=O)C1CCCC(C(N)C2C3CCCCC32)C1. The Balaban J connectivity index is 1.62. The number of hydrogen-bond donors (Lipinski definition) is 1. The van der Waals surface area contributed by atoms with Gasteiger partial charge in [0.25, 0.3) is 0 Å². The molecule has 4 heteroatoms. The third-order valence-corrected chi connectivity index (χ3v) is 7.62.